The van der Waals surface area contributed by atoms with Gasteiger partial charge >= 0.3 is 0 Å². The molecule has 1 aromatic carbocycles. The highest BCUT2D eigenvalue weighted by Crippen LogP contribution is 2.26. The zero-order chi connectivity index (χ0) is 14.7. The Morgan fingerprint density at radius 1 is 1.24 bits per heavy atom. The quantitative estimate of drug-likeness (QED) is 0.868. The van der Waals surface area contributed by atoms with E-state index in [1.165, 1.54) is 15.0 Å². The molecule has 3 rings (SSSR count). The Labute approximate surface area is 128 Å². The van der Waals surface area contributed by atoms with Crippen molar-refractivity contribution in [3.8, 4) is 0 Å². The van der Waals surface area contributed by atoms with Gasteiger partial charge in [-0.15, -0.1) is 11.3 Å². The largest absolute Gasteiger partial charge is 0.375 e. The predicted molar refractivity (Wildman–Crippen MR) is 85.6 cm³/mol. The molecule has 0 saturated carbocycles. The van der Waals surface area contributed by atoms with Crippen molar-refractivity contribution >= 4 is 27.3 Å². The van der Waals surface area contributed by atoms with Crippen LogP contribution in [0.4, 0.5) is 0 Å². The number of carbonyl (C=O) groups excluding carboxylic acids is 1. The van der Waals surface area contributed by atoms with E-state index in [0.29, 0.717) is 0 Å². The van der Waals surface area contributed by atoms with E-state index in [-0.39, 0.29) is 12.5 Å². The molecule has 2 aromatic rings. The van der Waals surface area contributed by atoms with E-state index in [1.807, 2.05) is 16.2 Å². The summed E-state index contributed by atoms with van der Waals surface area (Å²) in [5, 5.41) is 1.33. The molecular weight excluding hydrogens is 284 g/mol. The molecule has 1 fully saturated rings. The Hall–Kier alpha value is -1.43. The van der Waals surface area contributed by atoms with Crippen LogP contribution >= 0.6 is 11.3 Å². The maximum absolute atomic E-state index is 11.8. The van der Waals surface area contributed by atoms with Crippen molar-refractivity contribution in [2.45, 2.75) is 6.54 Å². The summed E-state index contributed by atoms with van der Waals surface area (Å²) in [5.74, 6) is 0.0963. The second kappa shape index (κ2) is 6.56. The van der Waals surface area contributed by atoms with Crippen molar-refractivity contribution in [1.82, 2.24) is 9.80 Å². The molecule has 0 aliphatic carbocycles. The van der Waals surface area contributed by atoms with Gasteiger partial charge in [-0.1, -0.05) is 18.2 Å². The normalized spacial score (nSPS) is 16.5. The van der Waals surface area contributed by atoms with Gasteiger partial charge in [-0.25, -0.2) is 0 Å². The zero-order valence-electron chi connectivity index (χ0n) is 12.2. The predicted octanol–water partition coefficient (Wildman–Crippen LogP) is 2.19. The van der Waals surface area contributed by atoms with Gasteiger partial charge in [0.2, 0.25) is 5.91 Å². The fourth-order valence-electron chi connectivity index (χ4n) is 2.71. The van der Waals surface area contributed by atoms with E-state index in [2.05, 4.69) is 35.2 Å². The molecule has 112 valence electrons. The van der Waals surface area contributed by atoms with E-state index in [9.17, 15) is 4.79 Å². The van der Waals surface area contributed by atoms with Crippen molar-refractivity contribution in [2.24, 2.45) is 0 Å². The monoisotopic (exact) mass is 304 g/mol. The van der Waals surface area contributed by atoms with Crippen molar-refractivity contribution in [3.05, 3.63) is 35.2 Å². The van der Waals surface area contributed by atoms with Crippen molar-refractivity contribution in [1.29, 1.82) is 0 Å². The van der Waals surface area contributed by atoms with E-state index in [0.717, 1.165) is 32.7 Å². The van der Waals surface area contributed by atoms with Gasteiger partial charge in [0.1, 0.15) is 6.61 Å². The van der Waals surface area contributed by atoms with Gasteiger partial charge in [-0.2, -0.15) is 0 Å². The Morgan fingerprint density at radius 2 is 2.00 bits per heavy atom. The molecule has 2 heterocycles. The molecule has 0 spiro atoms. The van der Waals surface area contributed by atoms with Gasteiger partial charge in [-0.05, 0) is 17.5 Å². The first-order valence-corrected chi connectivity index (χ1v) is 8.04. The highest BCUT2D eigenvalue weighted by atomic mass is 32.1. The minimum Gasteiger partial charge on any atom is -0.375 e. The fourth-order valence-corrected chi connectivity index (χ4v) is 3.81. The third kappa shape index (κ3) is 3.43. The number of thiophene rings is 1. The van der Waals surface area contributed by atoms with Crippen LogP contribution in [-0.4, -0.2) is 55.6 Å². The minimum atomic E-state index is 0.0963. The highest BCUT2D eigenvalue weighted by molar-refractivity contribution is 7.19. The lowest BCUT2D eigenvalue weighted by atomic mass is 10.2. The summed E-state index contributed by atoms with van der Waals surface area (Å²) >= 11 is 1.86. The second-order valence-electron chi connectivity index (χ2n) is 5.34. The van der Waals surface area contributed by atoms with Gasteiger partial charge in [0.25, 0.3) is 0 Å². The number of amides is 1. The van der Waals surface area contributed by atoms with Gasteiger partial charge in [0.05, 0.1) is 0 Å². The van der Waals surface area contributed by atoms with Crippen LogP contribution in [0.2, 0.25) is 0 Å². The first-order valence-electron chi connectivity index (χ1n) is 7.23. The zero-order valence-corrected chi connectivity index (χ0v) is 13.1. The average molecular weight is 304 g/mol. The number of hydrogen-bond donors (Lipinski definition) is 0. The van der Waals surface area contributed by atoms with Crippen LogP contribution in [0, 0.1) is 0 Å². The topological polar surface area (TPSA) is 32.8 Å². The van der Waals surface area contributed by atoms with Crippen LogP contribution < -0.4 is 0 Å². The summed E-state index contributed by atoms with van der Waals surface area (Å²) in [7, 11) is 1.57. The maximum Gasteiger partial charge on any atom is 0.248 e. The summed E-state index contributed by atoms with van der Waals surface area (Å²) in [6.45, 7) is 4.63. The summed E-state index contributed by atoms with van der Waals surface area (Å²) < 4.78 is 6.26. The second-order valence-corrected chi connectivity index (χ2v) is 6.51. The molecule has 4 nitrogen and oxygen atoms in total. The molecule has 1 aliphatic heterocycles. The third-order valence-electron chi connectivity index (χ3n) is 3.85. The van der Waals surface area contributed by atoms with Gasteiger partial charge in [0, 0.05) is 49.4 Å². The molecule has 21 heavy (non-hydrogen) atoms. The lowest BCUT2D eigenvalue weighted by Crippen LogP contribution is -2.49. The third-order valence-corrected chi connectivity index (χ3v) is 4.95. The first kappa shape index (κ1) is 14.5. The van der Waals surface area contributed by atoms with Crippen molar-refractivity contribution in [3.63, 3.8) is 0 Å². The van der Waals surface area contributed by atoms with Crippen LogP contribution in [0.1, 0.15) is 4.88 Å². The molecule has 0 unspecified atom stereocenters. The minimum absolute atomic E-state index is 0.0963. The van der Waals surface area contributed by atoms with Crippen LogP contribution in [0.5, 0.6) is 0 Å². The highest BCUT2D eigenvalue weighted by Gasteiger charge is 2.21. The summed E-state index contributed by atoms with van der Waals surface area (Å²) in [4.78, 5) is 17.5. The molecule has 5 heteroatoms. The van der Waals surface area contributed by atoms with Crippen LogP contribution in [0.15, 0.2) is 30.3 Å². The molecule has 0 bridgehead atoms. The van der Waals surface area contributed by atoms with Crippen LogP contribution in [0.3, 0.4) is 0 Å². The van der Waals surface area contributed by atoms with E-state index >= 15 is 0 Å². The number of rotatable bonds is 4. The molecule has 1 aromatic heterocycles. The number of benzene rings is 1. The van der Waals surface area contributed by atoms with Crippen LogP contribution in [-0.2, 0) is 16.1 Å². The Kier molecular flexibility index (Phi) is 4.53. The summed E-state index contributed by atoms with van der Waals surface area (Å²) in [5.41, 5.74) is 0. The van der Waals surface area contributed by atoms with E-state index in [1.54, 1.807) is 7.11 Å². The molecule has 0 atom stereocenters. The molecule has 1 saturated heterocycles. The smallest absolute Gasteiger partial charge is 0.248 e. The summed E-state index contributed by atoms with van der Waals surface area (Å²) in [6, 6.07) is 10.8. The number of hydrogen-bond acceptors (Lipinski definition) is 4. The number of fused-ring (bicyclic) bond motifs is 1. The Bertz CT molecular complexity index is 585. The maximum atomic E-state index is 11.8. The van der Waals surface area contributed by atoms with Crippen molar-refractivity contribution < 1.29 is 9.53 Å². The average Bonchev–Trinajstić information content (AvgIpc) is 2.90. The lowest BCUT2D eigenvalue weighted by molar-refractivity contribution is -0.136. The first-order chi connectivity index (χ1) is 10.3. The fraction of sp³-hybridized carbons (Fsp3) is 0.438. The van der Waals surface area contributed by atoms with E-state index in [4.69, 9.17) is 4.74 Å². The number of nitrogens with zero attached hydrogens (tertiary/aromatic N) is 2. The lowest BCUT2D eigenvalue weighted by Gasteiger charge is -2.34. The Balaban J connectivity index is 1.56. The van der Waals surface area contributed by atoms with Gasteiger partial charge in [-0.3, -0.25) is 9.69 Å². The molecule has 0 radical (unpaired) electrons. The molecular formula is C16H20N2O2S. The van der Waals surface area contributed by atoms with Gasteiger partial charge < -0.3 is 9.64 Å². The molecule has 0 N–H and O–H groups in total. The number of carbonyl (C=O) groups is 1. The molecule has 1 amide bonds. The number of methoxy groups -OCH3 is 1. The standard InChI is InChI=1S/C16H20N2O2S/c1-20-12-16(19)18-8-6-17(7-9-18)11-14-10-13-4-2-3-5-15(13)21-14/h2-5,10H,6-9,11-12H2,1H3. The SMILES string of the molecule is COCC(=O)N1CCN(Cc2cc3ccccc3s2)CC1. The van der Waals surface area contributed by atoms with Gasteiger partial charge in [0.15, 0.2) is 0 Å². The molecule has 1 aliphatic rings. The van der Waals surface area contributed by atoms with Crippen LogP contribution in [0.25, 0.3) is 10.1 Å². The van der Waals surface area contributed by atoms with Crippen molar-refractivity contribution in [2.75, 3.05) is 39.9 Å². The Morgan fingerprint density at radius 3 is 2.71 bits per heavy atom. The van der Waals surface area contributed by atoms with E-state index < -0.39 is 0 Å². The number of piperazine rings is 1. The summed E-state index contributed by atoms with van der Waals surface area (Å²) in [6.07, 6.45) is 0. The number of ether oxygens (including phenoxy) is 1.